The molecule has 0 aliphatic carbocycles. The Morgan fingerprint density at radius 1 is 0.767 bits per heavy atom. The minimum Gasteiger partial charge on any atom is -0.280 e. The molecule has 0 saturated heterocycles. The zero-order chi connectivity index (χ0) is 21.8. The van der Waals surface area contributed by atoms with E-state index in [9.17, 15) is 16.8 Å². The number of sulfonamides is 2. The molecule has 0 radical (unpaired) electrons. The Bertz CT molecular complexity index is 1190. The highest BCUT2D eigenvalue weighted by atomic mass is 32.2. The molecule has 8 nitrogen and oxygen atoms in total. The first-order chi connectivity index (χ1) is 14.2. The van der Waals surface area contributed by atoms with E-state index in [1.165, 1.54) is 36.7 Å². The molecule has 0 bridgehead atoms. The maximum Gasteiger partial charge on any atom is 0.264 e. The van der Waals surface area contributed by atoms with Crippen molar-refractivity contribution < 1.29 is 16.8 Å². The van der Waals surface area contributed by atoms with Gasteiger partial charge in [-0.05, 0) is 60.4 Å². The van der Waals surface area contributed by atoms with Crippen molar-refractivity contribution in [2.24, 2.45) is 5.92 Å². The third-order valence-electron chi connectivity index (χ3n) is 4.09. The summed E-state index contributed by atoms with van der Waals surface area (Å²) in [4.78, 5) is 7.72. The second kappa shape index (κ2) is 8.80. The maximum atomic E-state index is 12.6. The number of benzene rings is 2. The summed E-state index contributed by atoms with van der Waals surface area (Å²) in [5.74, 6) is 0.423. The molecule has 0 fully saturated rings. The molecular formula is C20H22N4O4S2. The van der Waals surface area contributed by atoms with Crippen LogP contribution in [0.25, 0.3) is 0 Å². The summed E-state index contributed by atoms with van der Waals surface area (Å²) in [5.41, 5.74) is 1.31. The summed E-state index contributed by atoms with van der Waals surface area (Å²) in [6.07, 6.45) is 3.70. The quantitative estimate of drug-likeness (QED) is 0.548. The average Bonchev–Trinajstić information content (AvgIpc) is 2.68. The Labute approximate surface area is 176 Å². The Kier molecular flexibility index (Phi) is 6.37. The van der Waals surface area contributed by atoms with E-state index in [4.69, 9.17) is 0 Å². The third-order valence-corrected chi connectivity index (χ3v) is 6.83. The second-order valence-electron chi connectivity index (χ2n) is 7.05. The lowest BCUT2D eigenvalue weighted by Gasteiger charge is -2.11. The molecule has 1 aromatic heterocycles. The summed E-state index contributed by atoms with van der Waals surface area (Å²) >= 11 is 0. The lowest BCUT2D eigenvalue weighted by molar-refractivity contribution is 0.599. The molecule has 0 spiro atoms. The zero-order valence-corrected chi connectivity index (χ0v) is 18.1. The van der Waals surface area contributed by atoms with Gasteiger partial charge in [-0.15, -0.1) is 0 Å². The van der Waals surface area contributed by atoms with E-state index in [1.807, 2.05) is 0 Å². The van der Waals surface area contributed by atoms with Gasteiger partial charge in [0.2, 0.25) is 5.95 Å². The van der Waals surface area contributed by atoms with Crippen molar-refractivity contribution in [2.75, 3.05) is 9.44 Å². The van der Waals surface area contributed by atoms with Crippen LogP contribution < -0.4 is 9.44 Å². The number of rotatable bonds is 8. The average molecular weight is 447 g/mol. The molecule has 158 valence electrons. The highest BCUT2D eigenvalue weighted by Gasteiger charge is 2.17. The van der Waals surface area contributed by atoms with Crippen LogP contribution in [0.5, 0.6) is 0 Å². The Hall–Kier alpha value is -2.98. The van der Waals surface area contributed by atoms with Crippen LogP contribution in [0, 0.1) is 5.92 Å². The summed E-state index contributed by atoms with van der Waals surface area (Å²) < 4.78 is 54.7. The normalized spacial score (nSPS) is 12.0. The summed E-state index contributed by atoms with van der Waals surface area (Å²) in [5, 5.41) is 0. The van der Waals surface area contributed by atoms with Crippen molar-refractivity contribution >= 4 is 31.7 Å². The number of hydrogen-bond donors (Lipinski definition) is 2. The van der Waals surface area contributed by atoms with Crippen molar-refractivity contribution in [3.63, 3.8) is 0 Å². The predicted molar refractivity (Wildman–Crippen MR) is 115 cm³/mol. The molecule has 1 heterocycles. The minimum absolute atomic E-state index is 0.0454. The fraction of sp³-hybridized carbons (Fsp3) is 0.200. The van der Waals surface area contributed by atoms with Gasteiger partial charge in [-0.2, -0.15) is 0 Å². The fourth-order valence-electron chi connectivity index (χ4n) is 2.72. The largest absolute Gasteiger partial charge is 0.280 e. The van der Waals surface area contributed by atoms with Gasteiger partial charge in [0, 0.05) is 18.1 Å². The number of hydrogen-bond acceptors (Lipinski definition) is 6. The van der Waals surface area contributed by atoms with Gasteiger partial charge in [0.15, 0.2) is 0 Å². The molecule has 0 saturated carbocycles. The number of nitrogens with zero attached hydrogens (tertiary/aromatic N) is 2. The van der Waals surface area contributed by atoms with Gasteiger partial charge < -0.3 is 0 Å². The molecule has 0 amide bonds. The zero-order valence-electron chi connectivity index (χ0n) is 16.5. The lowest BCUT2D eigenvalue weighted by Crippen LogP contribution is -2.15. The van der Waals surface area contributed by atoms with Crippen LogP contribution >= 0.6 is 0 Å². The highest BCUT2D eigenvalue weighted by Crippen LogP contribution is 2.20. The van der Waals surface area contributed by atoms with Crippen LogP contribution in [0.15, 0.2) is 76.8 Å². The van der Waals surface area contributed by atoms with Crippen LogP contribution in [0.4, 0.5) is 11.6 Å². The van der Waals surface area contributed by atoms with E-state index < -0.39 is 20.0 Å². The van der Waals surface area contributed by atoms with Crippen molar-refractivity contribution in [3.8, 4) is 0 Å². The van der Waals surface area contributed by atoms with E-state index >= 15 is 0 Å². The molecule has 2 N–H and O–H groups in total. The molecule has 2 aromatic carbocycles. The Balaban J connectivity index is 1.73. The first kappa shape index (κ1) is 21.7. The van der Waals surface area contributed by atoms with Crippen molar-refractivity contribution in [1.82, 2.24) is 9.97 Å². The van der Waals surface area contributed by atoms with Gasteiger partial charge in [0.25, 0.3) is 20.0 Å². The summed E-state index contributed by atoms with van der Waals surface area (Å²) in [6.45, 7) is 4.19. The van der Waals surface area contributed by atoms with E-state index in [2.05, 4.69) is 33.3 Å². The van der Waals surface area contributed by atoms with Crippen LogP contribution in [-0.2, 0) is 26.5 Å². The molecule has 0 atom stereocenters. The van der Waals surface area contributed by atoms with Crippen LogP contribution in [0.1, 0.15) is 19.4 Å². The maximum absolute atomic E-state index is 12.6. The van der Waals surface area contributed by atoms with Crippen molar-refractivity contribution in [1.29, 1.82) is 0 Å². The van der Waals surface area contributed by atoms with Gasteiger partial charge in [-0.25, -0.2) is 31.5 Å². The van der Waals surface area contributed by atoms with Gasteiger partial charge in [0.05, 0.1) is 9.79 Å². The smallest absolute Gasteiger partial charge is 0.264 e. The predicted octanol–water partition coefficient (Wildman–Crippen LogP) is 3.28. The van der Waals surface area contributed by atoms with E-state index in [0.717, 1.165) is 12.0 Å². The first-order valence-electron chi connectivity index (χ1n) is 9.17. The Morgan fingerprint density at radius 2 is 1.27 bits per heavy atom. The summed E-state index contributed by atoms with van der Waals surface area (Å²) in [6, 6.07) is 13.6. The first-order valence-corrected chi connectivity index (χ1v) is 12.1. The second-order valence-corrected chi connectivity index (χ2v) is 10.4. The van der Waals surface area contributed by atoms with Crippen LogP contribution in [0.2, 0.25) is 0 Å². The number of aromatic nitrogens is 2. The minimum atomic E-state index is -3.89. The fourth-order valence-corrected chi connectivity index (χ4v) is 4.74. The lowest BCUT2D eigenvalue weighted by atomic mass is 10.0. The number of nitrogens with one attached hydrogen (secondary N) is 2. The monoisotopic (exact) mass is 446 g/mol. The van der Waals surface area contributed by atoms with Gasteiger partial charge in [-0.1, -0.05) is 26.0 Å². The standard InChI is InChI=1S/C20H22N4O4S2/c1-15(2)14-16-4-8-18(9-5-16)29(25,26)23-17-6-10-19(11-7-17)30(27,28)24-20-21-12-3-13-22-20/h3-13,15,23H,14H2,1-2H3,(H,21,22,24). The van der Waals surface area contributed by atoms with Crippen LogP contribution in [-0.4, -0.2) is 26.8 Å². The van der Waals surface area contributed by atoms with Crippen molar-refractivity contribution in [2.45, 2.75) is 30.1 Å². The summed E-state index contributed by atoms with van der Waals surface area (Å²) in [7, 11) is -7.68. The van der Waals surface area contributed by atoms with E-state index in [0.29, 0.717) is 5.92 Å². The van der Waals surface area contributed by atoms with Crippen molar-refractivity contribution in [3.05, 3.63) is 72.6 Å². The molecule has 3 aromatic rings. The molecular weight excluding hydrogens is 424 g/mol. The highest BCUT2D eigenvalue weighted by molar-refractivity contribution is 7.93. The van der Waals surface area contributed by atoms with Gasteiger partial charge in [0.1, 0.15) is 0 Å². The number of anilines is 2. The topological polar surface area (TPSA) is 118 Å². The molecule has 0 unspecified atom stereocenters. The van der Waals surface area contributed by atoms with E-state index in [1.54, 1.807) is 30.3 Å². The van der Waals surface area contributed by atoms with Gasteiger partial charge >= 0.3 is 0 Å². The molecule has 10 heteroatoms. The molecule has 0 aliphatic heterocycles. The third kappa shape index (κ3) is 5.55. The molecule has 0 aliphatic rings. The SMILES string of the molecule is CC(C)Cc1ccc(S(=O)(=O)Nc2ccc(S(=O)(=O)Nc3ncccn3)cc2)cc1. The van der Waals surface area contributed by atoms with Gasteiger partial charge in [-0.3, -0.25) is 4.72 Å². The molecule has 30 heavy (non-hydrogen) atoms. The molecule has 3 rings (SSSR count). The Morgan fingerprint density at radius 3 is 1.80 bits per heavy atom. The van der Waals surface area contributed by atoms with E-state index in [-0.39, 0.29) is 21.4 Å². The van der Waals surface area contributed by atoms with Crippen LogP contribution in [0.3, 0.4) is 0 Å².